The Balaban J connectivity index is 1.73. The predicted molar refractivity (Wildman–Crippen MR) is 102 cm³/mol. The van der Waals surface area contributed by atoms with E-state index in [0.29, 0.717) is 12.5 Å². The molecule has 0 saturated heterocycles. The Morgan fingerprint density at radius 2 is 2.08 bits per heavy atom. The van der Waals surface area contributed by atoms with Gasteiger partial charge in [-0.15, -0.1) is 0 Å². The quantitative estimate of drug-likeness (QED) is 0.664. The van der Waals surface area contributed by atoms with E-state index in [2.05, 4.69) is 49.2 Å². The number of ether oxygens (including phenoxy) is 1. The molecule has 0 bridgehead atoms. The van der Waals surface area contributed by atoms with Gasteiger partial charge in [0.25, 0.3) is 0 Å². The van der Waals surface area contributed by atoms with E-state index in [4.69, 9.17) is 10.6 Å². The van der Waals surface area contributed by atoms with Gasteiger partial charge in [0.2, 0.25) is 0 Å². The summed E-state index contributed by atoms with van der Waals surface area (Å²) in [6.07, 6.45) is 8.13. The summed E-state index contributed by atoms with van der Waals surface area (Å²) in [5.41, 5.74) is 4.27. The predicted octanol–water partition coefficient (Wildman–Crippen LogP) is 3.95. The maximum absolute atomic E-state index is 6.14. The largest absolute Gasteiger partial charge is 0.493 e. The Morgan fingerprint density at radius 3 is 2.76 bits per heavy atom. The summed E-state index contributed by atoms with van der Waals surface area (Å²) in [6, 6.07) is 12.1. The maximum atomic E-state index is 6.14. The van der Waals surface area contributed by atoms with Crippen molar-refractivity contribution in [2.75, 3.05) is 13.7 Å². The molecular weight excluding hydrogens is 310 g/mol. The van der Waals surface area contributed by atoms with Crippen LogP contribution in [0.3, 0.4) is 0 Å². The molecule has 25 heavy (non-hydrogen) atoms. The first kappa shape index (κ1) is 17.2. The van der Waals surface area contributed by atoms with Gasteiger partial charge in [-0.25, -0.2) is 5.84 Å². The molecule has 2 N–H and O–H groups in total. The van der Waals surface area contributed by atoms with Gasteiger partial charge in [-0.1, -0.05) is 25.1 Å². The number of aromatic nitrogens is 1. The Hall–Kier alpha value is -2.59. The minimum Gasteiger partial charge on any atom is -0.493 e. The molecule has 1 aromatic heterocycles. The van der Waals surface area contributed by atoms with E-state index in [1.165, 1.54) is 0 Å². The second-order valence-corrected chi connectivity index (χ2v) is 6.56. The number of allylic oxidation sites excluding steroid dienone is 3. The molecule has 1 aromatic carbocycles. The number of rotatable bonds is 5. The first-order chi connectivity index (χ1) is 12.1. The molecule has 0 saturated carbocycles. The molecule has 2 aromatic rings. The van der Waals surface area contributed by atoms with Gasteiger partial charge in [-0.05, 0) is 54.8 Å². The van der Waals surface area contributed by atoms with Crippen molar-refractivity contribution in [1.29, 1.82) is 0 Å². The molecule has 4 nitrogen and oxygen atoms in total. The Bertz CT molecular complexity index is 781. The van der Waals surface area contributed by atoms with Crippen LogP contribution in [0.5, 0.6) is 5.75 Å². The Labute approximate surface area is 149 Å². The first-order valence-corrected chi connectivity index (χ1v) is 8.58. The van der Waals surface area contributed by atoms with Crippen molar-refractivity contribution in [1.82, 2.24) is 9.99 Å². The van der Waals surface area contributed by atoms with E-state index in [1.807, 2.05) is 37.5 Å². The molecule has 2 atom stereocenters. The van der Waals surface area contributed by atoms with Crippen molar-refractivity contribution in [3.05, 3.63) is 72.1 Å². The summed E-state index contributed by atoms with van der Waals surface area (Å²) >= 11 is 0. The van der Waals surface area contributed by atoms with Gasteiger partial charge in [0, 0.05) is 30.4 Å². The molecular formula is C21H25N3O. The average Bonchev–Trinajstić information content (AvgIpc) is 2.62. The van der Waals surface area contributed by atoms with Gasteiger partial charge in [-0.2, -0.15) is 0 Å². The summed E-state index contributed by atoms with van der Waals surface area (Å²) in [6.45, 7) is 4.86. The highest BCUT2D eigenvalue weighted by Gasteiger charge is 2.24. The molecule has 0 fully saturated rings. The normalized spacial score (nSPS) is 19.4. The van der Waals surface area contributed by atoms with Crippen LogP contribution in [0.4, 0.5) is 0 Å². The topological polar surface area (TPSA) is 51.4 Å². The Morgan fingerprint density at radius 1 is 1.24 bits per heavy atom. The van der Waals surface area contributed by atoms with Crippen molar-refractivity contribution >= 4 is 0 Å². The lowest BCUT2D eigenvalue weighted by atomic mass is 9.87. The first-order valence-electron chi connectivity index (χ1n) is 8.58. The highest BCUT2D eigenvalue weighted by atomic mass is 16.5. The third-order valence-corrected chi connectivity index (χ3v) is 4.66. The summed E-state index contributed by atoms with van der Waals surface area (Å²) in [4.78, 5) is 4.40. The third-order valence-electron chi connectivity index (χ3n) is 4.66. The van der Waals surface area contributed by atoms with Crippen LogP contribution in [0.15, 0.2) is 66.5 Å². The fraction of sp³-hybridized carbons (Fsp3) is 0.286. The van der Waals surface area contributed by atoms with Crippen molar-refractivity contribution in [3.63, 3.8) is 0 Å². The van der Waals surface area contributed by atoms with Crippen LogP contribution >= 0.6 is 0 Å². The van der Waals surface area contributed by atoms with E-state index >= 15 is 0 Å². The minimum atomic E-state index is 0.245. The summed E-state index contributed by atoms with van der Waals surface area (Å²) in [5, 5.41) is 1.69. The fourth-order valence-electron chi connectivity index (χ4n) is 3.16. The number of nitrogens with zero attached hydrogens (tertiary/aromatic N) is 2. The van der Waals surface area contributed by atoms with Crippen LogP contribution < -0.4 is 10.6 Å². The van der Waals surface area contributed by atoms with Crippen molar-refractivity contribution in [2.24, 2.45) is 17.7 Å². The van der Waals surface area contributed by atoms with Crippen LogP contribution in [-0.4, -0.2) is 23.6 Å². The monoisotopic (exact) mass is 335 g/mol. The van der Waals surface area contributed by atoms with Gasteiger partial charge >= 0.3 is 0 Å². The number of aryl methyl sites for hydroxylation is 1. The Kier molecular flexibility index (Phi) is 5.19. The van der Waals surface area contributed by atoms with Gasteiger partial charge in [0.05, 0.1) is 12.3 Å². The molecule has 1 heterocycles. The highest BCUT2D eigenvalue weighted by molar-refractivity contribution is 5.61. The third kappa shape index (κ3) is 3.91. The highest BCUT2D eigenvalue weighted by Crippen LogP contribution is 2.30. The van der Waals surface area contributed by atoms with Crippen LogP contribution in [0, 0.1) is 18.8 Å². The number of pyridine rings is 1. The van der Waals surface area contributed by atoms with Gasteiger partial charge in [0.15, 0.2) is 0 Å². The van der Waals surface area contributed by atoms with Crippen molar-refractivity contribution < 1.29 is 4.74 Å². The minimum absolute atomic E-state index is 0.245. The lowest BCUT2D eigenvalue weighted by molar-refractivity contribution is 0.209. The lowest BCUT2D eigenvalue weighted by Crippen LogP contribution is -2.35. The second kappa shape index (κ2) is 7.53. The van der Waals surface area contributed by atoms with Gasteiger partial charge < -0.3 is 9.75 Å². The summed E-state index contributed by atoms with van der Waals surface area (Å²) in [7, 11) is 1.87. The molecule has 1 aliphatic carbocycles. The standard InChI is InChI=1S/C21H25N3O/c1-15-7-6-9-20(24(3)22)18(15)14-25-21-11-10-17(13-16(21)2)19-8-4-5-12-23-19/h4-13,15,18H,14,22H2,1-3H3. The van der Waals surface area contributed by atoms with E-state index in [1.54, 1.807) is 5.01 Å². The molecule has 0 aliphatic heterocycles. The van der Waals surface area contributed by atoms with Crippen molar-refractivity contribution in [3.8, 4) is 17.0 Å². The van der Waals surface area contributed by atoms with Gasteiger partial charge in [-0.3, -0.25) is 4.98 Å². The number of hydrazine groups is 1. The van der Waals surface area contributed by atoms with Crippen LogP contribution in [0.2, 0.25) is 0 Å². The second-order valence-electron chi connectivity index (χ2n) is 6.56. The van der Waals surface area contributed by atoms with Gasteiger partial charge in [0.1, 0.15) is 5.75 Å². The van der Waals surface area contributed by atoms with E-state index in [-0.39, 0.29) is 5.92 Å². The van der Waals surface area contributed by atoms with E-state index in [0.717, 1.165) is 28.3 Å². The number of hydrogen-bond acceptors (Lipinski definition) is 4. The summed E-state index contributed by atoms with van der Waals surface area (Å²) < 4.78 is 6.14. The average molecular weight is 335 g/mol. The number of benzene rings is 1. The molecule has 0 radical (unpaired) electrons. The maximum Gasteiger partial charge on any atom is 0.122 e. The molecule has 2 unspecified atom stereocenters. The van der Waals surface area contributed by atoms with Crippen LogP contribution in [-0.2, 0) is 0 Å². The molecule has 0 amide bonds. The fourth-order valence-corrected chi connectivity index (χ4v) is 3.16. The number of hydrogen-bond donors (Lipinski definition) is 1. The molecule has 130 valence electrons. The summed E-state index contributed by atoms with van der Waals surface area (Å²) in [5.74, 6) is 7.51. The number of nitrogens with two attached hydrogens (primary N) is 1. The molecule has 4 heteroatoms. The smallest absolute Gasteiger partial charge is 0.122 e. The van der Waals surface area contributed by atoms with E-state index in [9.17, 15) is 0 Å². The van der Waals surface area contributed by atoms with Crippen LogP contribution in [0.25, 0.3) is 11.3 Å². The lowest BCUT2D eigenvalue weighted by Gasteiger charge is -2.31. The SMILES string of the molecule is Cc1cc(-c2ccccn2)ccc1OCC1C(N(C)N)=CC=CC1C. The molecule has 3 rings (SSSR count). The zero-order chi connectivity index (χ0) is 17.8. The molecule has 0 spiro atoms. The zero-order valence-corrected chi connectivity index (χ0v) is 15.0. The zero-order valence-electron chi connectivity index (χ0n) is 15.0. The molecule has 1 aliphatic rings. The van der Waals surface area contributed by atoms with Crippen LogP contribution in [0.1, 0.15) is 12.5 Å². The van der Waals surface area contributed by atoms with Crippen molar-refractivity contribution in [2.45, 2.75) is 13.8 Å². The van der Waals surface area contributed by atoms with E-state index < -0.39 is 0 Å².